The lowest BCUT2D eigenvalue weighted by atomic mass is 9.85. The molecule has 0 atom stereocenters. The Balaban J connectivity index is 1.78. The second kappa shape index (κ2) is 7.33. The zero-order valence-electron chi connectivity index (χ0n) is 15.1. The van der Waals surface area contributed by atoms with E-state index in [0.29, 0.717) is 11.1 Å². The van der Waals surface area contributed by atoms with Gasteiger partial charge in [-0.05, 0) is 30.7 Å². The van der Waals surface area contributed by atoms with Gasteiger partial charge in [0.15, 0.2) is 0 Å². The molecule has 1 aliphatic heterocycles. The highest BCUT2D eigenvalue weighted by molar-refractivity contribution is 5.96. The number of carbonyl (C=O) groups is 1. The van der Waals surface area contributed by atoms with Crippen LogP contribution in [-0.2, 0) is 5.67 Å². The summed E-state index contributed by atoms with van der Waals surface area (Å²) >= 11 is 0. The Morgan fingerprint density at radius 2 is 1.79 bits per heavy atom. The van der Waals surface area contributed by atoms with Gasteiger partial charge in [0.25, 0.3) is 5.91 Å². The summed E-state index contributed by atoms with van der Waals surface area (Å²) in [4.78, 5) is 14.1. The van der Waals surface area contributed by atoms with E-state index in [9.17, 15) is 23.1 Å². The summed E-state index contributed by atoms with van der Waals surface area (Å²) in [6.45, 7) is 1.79. The minimum Gasteiger partial charge on any atom is -0.508 e. The minimum absolute atomic E-state index is 0.0325. The molecular formula is C20H19F4NO3. The number of aryl methyl sites for hydroxylation is 1. The lowest BCUT2D eigenvalue weighted by molar-refractivity contribution is -0.275. The van der Waals surface area contributed by atoms with Gasteiger partial charge >= 0.3 is 6.36 Å². The second-order valence-corrected chi connectivity index (χ2v) is 6.80. The number of hydrogen-bond donors (Lipinski definition) is 1. The number of ether oxygens (including phenoxy) is 1. The SMILES string of the molecule is Cc1ccc(O)cc1C(=O)N1CCC(F)(c2ccccc2OC(F)(F)F)CC1. The third-order valence-corrected chi connectivity index (χ3v) is 4.89. The maximum Gasteiger partial charge on any atom is 0.573 e. The Hall–Kier alpha value is -2.77. The monoisotopic (exact) mass is 397 g/mol. The van der Waals surface area contributed by atoms with Crippen LogP contribution in [0.3, 0.4) is 0 Å². The Morgan fingerprint density at radius 3 is 2.43 bits per heavy atom. The predicted molar refractivity (Wildman–Crippen MR) is 93.9 cm³/mol. The first kappa shape index (κ1) is 20.0. The molecule has 1 aliphatic rings. The van der Waals surface area contributed by atoms with E-state index in [4.69, 9.17) is 0 Å². The lowest BCUT2D eigenvalue weighted by Crippen LogP contribution is -2.43. The summed E-state index contributed by atoms with van der Waals surface area (Å²) in [7, 11) is 0. The number of phenolic OH excluding ortho intramolecular Hbond substituents is 1. The number of para-hydroxylation sites is 1. The summed E-state index contributed by atoms with van der Waals surface area (Å²) in [6, 6.07) is 9.57. The zero-order chi connectivity index (χ0) is 20.5. The molecule has 0 unspecified atom stereocenters. The lowest BCUT2D eigenvalue weighted by Gasteiger charge is -2.37. The number of alkyl halides is 4. The van der Waals surface area contributed by atoms with Gasteiger partial charge < -0.3 is 14.7 Å². The first-order valence-corrected chi connectivity index (χ1v) is 8.72. The number of hydrogen-bond acceptors (Lipinski definition) is 3. The van der Waals surface area contributed by atoms with E-state index in [-0.39, 0.29) is 43.2 Å². The van der Waals surface area contributed by atoms with Gasteiger partial charge in [-0.2, -0.15) is 0 Å². The quantitative estimate of drug-likeness (QED) is 0.764. The molecule has 150 valence electrons. The molecule has 1 amide bonds. The van der Waals surface area contributed by atoms with Crippen LogP contribution in [0.25, 0.3) is 0 Å². The molecule has 0 spiro atoms. The molecule has 4 nitrogen and oxygen atoms in total. The molecule has 0 saturated carbocycles. The van der Waals surface area contributed by atoms with Crippen molar-refractivity contribution in [1.82, 2.24) is 4.90 Å². The fourth-order valence-electron chi connectivity index (χ4n) is 3.39. The molecule has 8 heteroatoms. The smallest absolute Gasteiger partial charge is 0.508 e. The van der Waals surface area contributed by atoms with Crippen molar-refractivity contribution in [3.05, 3.63) is 59.2 Å². The zero-order valence-corrected chi connectivity index (χ0v) is 15.1. The Labute approximate surface area is 159 Å². The topological polar surface area (TPSA) is 49.8 Å². The second-order valence-electron chi connectivity index (χ2n) is 6.80. The van der Waals surface area contributed by atoms with Gasteiger partial charge in [-0.15, -0.1) is 13.2 Å². The molecular weight excluding hydrogens is 378 g/mol. The van der Waals surface area contributed by atoms with E-state index in [1.807, 2.05) is 0 Å². The van der Waals surface area contributed by atoms with Crippen LogP contribution in [-0.4, -0.2) is 35.4 Å². The van der Waals surface area contributed by atoms with Crippen molar-refractivity contribution in [2.45, 2.75) is 31.8 Å². The van der Waals surface area contributed by atoms with E-state index in [1.165, 1.54) is 35.2 Å². The fourth-order valence-corrected chi connectivity index (χ4v) is 3.39. The Morgan fingerprint density at radius 1 is 1.14 bits per heavy atom. The first-order valence-electron chi connectivity index (χ1n) is 8.72. The van der Waals surface area contributed by atoms with Gasteiger partial charge in [0.1, 0.15) is 17.2 Å². The molecule has 0 aliphatic carbocycles. The third kappa shape index (κ3) is 4.21. The average molecular weight is 397 g/mol. The number of benzene rings is 2. The average Bonchev–Trinajstić information content (AvgIpc) is 2.63. The van der Waals surface area contributed by atoms with E-state index in [2.05, 4.69) is 4.74 Å². The highest BCUT2D eigenvalue weighted by Crippen LogP contribution is 2.43. The maximum atomic E-state index is 15.5. The van der Waals surface area contributed by atoms with Crippen molar-refractivity contribution in [2.24, 2.45) is 0 Å². The predicted octanol–water partition coefficient (Wildman–Crippen LogP) is 4.70. The summed E-state index contributed by atoms with van der Waals surface area (Å²) in [5.41, 5.74) is -1.23. The molecule has 3 rings (SSSR count). The molecule has 0 bridgehead atoms. The van der Waals surface area contributed by atoms with E-state index >= 15 is 4.39 Å². The third-order valence-electron chi connectivity index (χ3n) is 4.89. The van der Waals surface area contributed by atoms with E-state index in [1.54, 1.807) is 13.0 Å². The summed E-state index contributed by atoms with van der Waals surface area (Å²) in [5, 5.41) is 9.60. The largest absolute Gasteiger partial charge is 0.573 e. The van der Waals surface area contributed by atoms with Crippen LogP contribution in [0.4, 0.5) is 17.6 Å². The summed E-state index contributed by atoms with van der Waals surface area (Å²) in [6.07, 6.45) is -5.24. The molecule has 28 heavy (non-hydrogen) atoms. The molecule has 1 heterocycles. The maximum absolute atomic E-state index is 15.5. The van der Waals surface area contributed by atoms with Crippen LogP contribution in [0.5, 0.6) is 11.5 Å². The van der Waals surface area contributed by atoms with Gasteiger partial charge in [-0.25, -0.2) is 4.39 Å². The van der Waals surface area contributed by atoms with Crippen molar-refractivity contribution in [1.29, 1.82) is 0 Å². The molecule has 2 aromatic rings. The van der Waals surface area contributed by atoms with E-state index in [0.717, 1.165) is 6.07 Å². The number of halogens is 4. The molecule has 1 fully saturated rings. The van der Waals surface area contributed by atoms with Gasteiger partial charge in [-0.3, -0.25) is 4.79 Å². The highest BCUT2D eigenvalue weighted by atomic mass is 19.4. The van der Waals surface area contributed by atoms with Gasteiger partial charge in [0.05, 0.1) is 0 Å². The molecule has 0 radical (unpaired) electrons. The van der Waals surface area contributed by atoms with Crippen molar-refractivity contribution < 1.29 is 32.2 Å². The number of piperidine rings is 1. The van der Waals surface area contributed by atoms with Crippen LogP contribution in [0.2, 0.25) is 0 Å². The van der Waals surface area contributed by atoms with Crippen LogP contribution in [0.15, 0.2) is 42.5 Å². The molecule has 2 aromatic carbocycles. The number of likely N-dealkylation sites (tertiary alicyclic amines) is 1. The minimum atomic E-state index is -4.92. The Bertz CT molecular complexity index is 874. The number of aromatic hydroxyl groups is 1. The summed E-state index contributed by atoms with van der Waals surface area (Å²) < 4.78 is 57.3. The van der Waals surface area contributed by atoms with Crippen LogP contribution < -0.4 is 4.74 Å². The molecule has 1 N–H and O–H groups in total. The molecule has 1 saturated heterocycles. The van der Waals surface area contributed by atoms with Crippen molar-refractivity contribution in [2.75, 3.05) is 13.1 Å². The number of amides is 1. The highest BCUT2D eigenvalue weighted by Gasteiger charge is 2.42. The van der Waals surface area contributed by atoms with Gasteiger partial charge in [-0.1, -0.05) is 24.3 Å². The first-order chi connectivity index (χ1) is 13.1. The van der Waals surface area contributed by atoms with Gasteiger partial charge in [0, 0.05) is 37.1 Å². The number of phenols is 1. The van der Waals surface area contributed by atoms with Crippen LogP contribution in [0, 0.1) is 6.92 Å². The standard InChI is InChI=1S/C20H19F4NO3/c1-13-6-7-14(26)12-15(13)18(27)25-10-8-19(21,9-11-25)16-4-2-3-5-17(16)28-20(22,23)24/h2-7,12,26H,8-11H2,1H3. The van der Waals surface area contributed by atoms with Crippen LogP contribution >= 0.6 is 0 Å². The Kier molecular flexibility index (Phi) is 5.23. The van der Waals surface area contributed by atoms with Crippen molar-refractivity contribution in [3.8, 4) is 11.5 Å². The van der Waals surface area contributed by atoms with Crippen molar-refractivity contribution >= 4 is 5.91 Å². The van der Waals surface area contributed by atoms with E-state index < -0.39 is 17.8 Å². The number of rotatable bonds is 3. The van der Waals surface area contributed by atoms with Crippen LogP contribution in [0.1, 0.15) is 34.3 Å². The summed E-state index contributed by atoms with van der Waals surface area (Å²) in [5.74, 6) is -0.972. The van der Waals surface area contributed by atoms with Gasteiger partial charge in [0.2, 0.25) is 0 Å². The normalized spacial score (nSPS) is 16.7. The molecule has 0 aromatic heterocycles. The van der Waals surface area contributed by atoms with Crippen molar-refractivity contribution in [3.63, 3.8) is 0 Å². The number of carbonyl (C=O) groups excluding carboxylic acids is 1. The number of nitrogens with zero attached hydrogens (tertiary/aromatic N) is 1. The fraction of sp³-hybridized carbons (Fsp3) is 0.350.